The minimum Gasteiger partial charge on any atom is -0.507 e. The molecule has 0 aliphatic heterocycles. The number of aliphatic imine (C=N–C) groups is 1. The topological polar surface area (TPSA) is 75.7 Å². The van der Waals surface area contributed by atoms with E-state index in [1.165, 1.54) is 24.4 Å². The molecule has 3 rings (SSSR count). The van der Waals surface area contributed by atoms with Gasteiger partial charge in [-0.2, -0.15) is 0 Å². The third kappa shape index (κ3) is 3.18. The summed E-state index contributed by atoms with van der Waals surface area (Å²) in [5.41, 5.74) is 1.02. The van der Waals surface area contributed by atoms with E-state index in [9.17, 15) is 15.2 Å². The first-order valence-electron chi connectivity index (χ1n) is 6.85. The first-order chi connectivity index (χ1) is 11.5. The maximum Gasteiger partial charge on any atom is 0.270 e. The maximum atomic E-state index is 10.9. The Balaban J connectivity index is 2.07. The Bertz CT molecular complexity index is 987. The summed E-state index contributed by atoms with van der Waals surface area (Å²) in [6.45, 7) is 0. The second kappa shape index (κ2) is 6.47. The average Bonchev–Trinajstić information content (AvgIpc) is 2.56. The number of nitro groups is 1. The number of phenolic OH excluding ortho intramolecular Hbond substituents is 1. The van der Waals surface area contributed by atoms with Gasteiger partial charge in [0.2, 0.25) is 0 Å². The van der Waals surface area contributed by atoms with E-state index in [4.69, 9.17) is 23.2 Å². The van der Waals surface area contributed by atoms with Gasteiger partial charge >= 0.3 is 0 Å². The van der Waals surface area contributed by atoms with Gasteiger partial charge in [0, 0.05) is 23.9 Å². The quantitative estimate of drug-likeness (QED) is 0.380. The largest absolute Gasteiger partial charge is 0.507 e. The van der Waals surface area contributed by atoms with E-state index in [1.807, 2.05) is 0 Å². The number of phenols is 1. The SMILES string of the molecule is O=[N+]([O-])c1ccc2c(C=Nc3ccc(Cl)c(Cl)c3)c(O)ccc2c1. The van der Waals surface area contributed by atoms with Crippen molar-refractivity contribution in [3.63, 3.8) is 0 Å². The summed E-state index contributed by atoms with van der Waals surface area (Å²) in [5, 5.41) is 23.1. The number of hydrogen-bond acceptors (Lipinski definition) is 4. The van der Waals surface area contributed by atoms with Crippen molar-refractivity contribution in [3.05, 3.63) is 74.3 Å². The summed E-state index contributed by atoms with van der Waals surface area (Å²) < 4.78 is 0. The van der Waals surface area contributed by atoms with E-state index in [0.29, 0.717) is 32.1 Å². The molecule has 0 fully saturated rings. The molecule has 120 valence electrons. The van der Waals surface area contributed by atoms with E-state index >= 15 is 0 Å². The molecule has 24 heavy (non-hydrogen) atoms. The second-order valence-electron chi connectivity index (χ2n) is 5.02. The fourth-order valence-electron chi connectivity index (χ4n) is 2.28. The van der Waals surface area contributed by atoms with Gasteiger partial charge in [0.25, 0.3) is 5.69 Å². The van der Waals surface area contributed by atoms with Crippen molar-refractivity contribution >= 4 is 51.6 Å². The molecule has 0 heterocycles. The minimum absolute atomic E-state index is 0.0134. The van der Waals surface area contributed by atoms with Crippen LogP contribution in [0.25, 0.3) is 10.8 Å². The van der Waals surface area contributed by atoms with Crippen LogP contribution in [0.3, 0.4) is 0 Å². The number of non-ortho nitro benzene ring substituents is 1. The van der Waals surface area contributed by atoms with Crippen LogP contribution in [0, 0.1) is 10.1 Å². The second-order valence-corrected chi connectivity index (χ2v) is 5.83. The summed E-state index contributed by atoms with van der Waals surface area (Å²) in [6, 6.07) is 12.4. The van der Waals surface area contributed by atoms with Crippen LogP contribution < -0.4 is 0 Å². The lowest BCUT2D eigenvalue weighted by atomic mass is 10.0. The monoisotopic (exact) mass is 360 g/mol. The van der Waals surface area contributed by atoms with Gasteiger partial charge in [-0.15, -0.1) is 0 Å². The van der Waals surface area contributed by atoms with Crippen molar-refractivity contribution in [2.24, 2.45) is 4.99 Å². The van der Waals surface area contributed by atoms with Gasteiger partial charge in [-0.05, 0) is 41.1 Å². The van der Waals surface area contributed by atoms with Crippen molar-refractivity contribution in [1.82, 2.24) is 0 Å². The van der Waals surface area contributed by atoms with Crippen LogP contribution in [-0.4, -0.2) is 16.2 Å². The molecule has 0 unspecified atom stereocenters. The van der Waals surface area contributed by atoms with Crippen LogP contribution in [-0.2, 0) is 0 Å². The highest BCUT2D eigenvalue weighted by Crippen LogP contribution is 2.30. The summed E-state index contributed by atoms with van der Waals surface area (Å²) in [4.78, 5) is 14.7. The molecule has 0 aliphatic rings. The van der Waals surface area contributed by atoms with Gasteiger partial charge < -0.3 is 5.11 Å². The van der Waals surface area contributed by atoms with E-state index < -0.39 is 4.92 Å². The predicted octanol–water partition coefficient (Wildman–Crippen LogP) is 5.51. The third-order valence-corrected chi connectivity index (χ3v) is 4.22. The molecule has 0 aromatic heterocycles. The van der Waals surface area contributed by atoms with Gasteiger partial charge in [0.1, 0.15) is 5.75 Å². The molecule has 1 N–H and O–H groups in total. The number of halogens is 2. The highest BCUT2D eigenvalue weighted by Gasteiger charge is 2.10. The molecule has 0 radical (unpaired) electrons. The molecule has 0 atom stereocenters. The van der Waals surface area contributed by atoms with Crippen molar-refractivity contribution in [3.8, 4) is 5.75 Å². The fraction of sp³-hybridized carbons (Fsp3) is 0. The molecule has 0 amide bonds. The zero-order valence-corrected chi connectivity index (χ0v) is 13.6. The zero-order chi connectivity index (χ0) is 17.3. The van der Waals surface area contributed by atoms with E-state index in [0.717, 1.165) is 0 Å². The lowest BCUT2D eigenvalue weighted by molar-refractivity contribution is -0.384. The van der Waals surface area contributed by atoms with Crippen molar-refractivity contribution in [1.29, 1.82) is 0 Å². The van der Waals surface area contributed by atoms with Crippen molar-refractivity contribution in [2.45, 2.75) is 0 Å². The molecule has 7 heteroatoms. The molecule has 0 saturated heterocycles. The first-order valence-corrected chi connectivity index (χ1v) is 7.60. The number of aromatic hydroxyl groups is 1. The molecule has 0 spiro atoms. The molecule has 0 aliphatic carbocycles. The Morgan fingerprint density at radius 1 is 1.04 bits per heavy atom. The first kappa shape index (κ1) is 16.2. The van der Waals surface area contributed by atoms with Crippen LogP contribution in [0.1, 0.15) is 5.56 Å². The number of nitrogens with zero attached hydrogens (tertiary/aromatic N) is 2. The smallest absolute Gasteiger partial charge is 0.270 e. The van der Waals surface area contributed by atoms with Gasteiger partial charge in [-0.25, -0.2) is 0 Å². The Labute approximate surface area is 146 Å². The number of fused-ring (bicyclic) bond motifs is 1. The molecule has 0 bridgehead atoms. The Hall–Kier alpha value is -2.63. The molecule has 5 nitrogen and oxygen atoms in total. The molecule has 3 aromatic rings. The fourth-order valence-corrected chi connectivity index (χ4v) is 2.58. The number of hydrogen-bond donors (Lipinski definition) is 1. The van der Waals surface area contributed by atoms with Crippen LogP contribution in [0.5, 0.6) is 5.75 Å². The lowest BCUT2D eigenvalue weighted by Crippen LogP contribution is -1.90. The predicted molar refractivity (Wildman–Crippen MR) is 96.0 cm³/mol. The molecule has 3 aromatic carbocycles. The number of benzene rings is 3. The standard InChI is InChI=1S/C17H10Cl2N2O3/c18-15-5-2-11(8-16(15)19)20-9-14-13-4-3-12(21(23)24)7-10(13)1-6-17(14)22/h1-9,22H. The highest BCUT2D eigenvalue weighted by molar-refractivity contribution is 6.42. The van der Waals surface area contributed by atoms with Crippen molar-refractivity contribution in [2.75, 3.05) is 0 Å². The number of rotatable bonds is 3. The van der Waals surface area contributed by atoms with Crippen LogP contribution in [0.15, 0.2) is 53.5 Å². The molecular formula is C17H10Cl2N2O3. The van der Waals surface area contributed by atoms with Crippen LogP contribution in [0.4, 0.5) is 11.4 Å². The highest BCUT2D eigenvalue weighted by atomic mass is 35.5. The van der Waals surface area contributed by atoms with Gasteiger partial charge in [0.15, 0.2) is 0 Å². The molecule has 0 saturated carbocycles. The van der Waals surface area contributed by atoms with E-state index in [1.54, 1.807) is 30.3 Å². The summed E-state index contributed by atoms with van der Waals surface area (Å²) >= 11 is 11.8. The van der Waals surface area contributed by atoms with Gasteiger partial charge in [-0.3, -0.25) is 15.1 Å². The zero-order valence-electron chi connectivity index (χ0n) is 12.1. The third-order valence-electron chi connectivity index (χ3n) is 3.48. The van der Waals surface area contributed by atoms with E-state index in [-0.39, 0.29) is 11.4 Å². The summed E-state index contributed by atoms with van der Waals surface area (Å²) in [6.07, 6.45) is 1.49. The summed E-state index contributed by atoms with van der Waals surface area (Å²) in [5.74, 6) is 0.0279. The van der Waals surface area contributed by atoms with Crippen LogP contribution >= 0.6 is 23.2 Å². The van der Waals surface area contributed by atoms with Crippen LogP contribution in [0.2, 0.25) is 10.0 Å². The molecular weight excluding hydrogens is 351 g/mol. The Morgan fingerprint density at radius 3 is 2.54 bits per heavy atom. The average molecular weight is 361 g/mol. The van der Waals surface area contributed by atoms with E-state index in [2.05, 4.69) is 4.99 Å². The minimum atomic E-state index is -0.463. The Morgan fingerprint density at radius 2 is 1.83 bits per heavy atom. The lowest BCUT2D eigenvalue weighted by Gasteiger charge is -2.05. The Kier molecular flexibility index (Phi) is 4.38. The summed E-state index contributed by atoms with van der Waals surface area (Å²) in [7, 11) is 0. The van der Waals surface area contributed by atoms with Crippen molar-refractivity contribution < 1.29 is 10.0 Å². The maximum absolute atomic E-state index is 10.9. The number of nitro benzene ring substituents is 1. The van der Waals surface area contributed by atoms with Gasteiger partial charge in [0.05, 0.1) is 20.7 Å². The van der Waals surface area contributed by atoms with Gasteiger partial charge in [-0.1, -0.05) is 29.3 Å². The normalized spacial score (nSPS) is 11.2.